The standard InChI is InChI=1S/C2H3N3O2.2Na.2H/c6-1-3-2(7)5-4-1;;;;/h(H3,3,4,5,6,7);;;;/q;2*+1;2*-1. The van der Waals surface area contributed by atoms with Gasteiger partial charge in [0.1, 0.15) is 0 Å². The fraction of sp³-hybridized carbons (Fsp3) is 0. The molecule has 0 aliphatic rings. The summed E-state index contributed by atoms with van der Waals surface area (Å²) in [5.74, 6) is 0. The normalized spacial score (nSPS) is 7.11. The Balaban J connectivity index is -0.0000000612. The van der Waals surface area contributed by atoms with Gasteiger partial charge in [-0.05, 0) is 0 Å². The minimum Gasteiger partial charge on any atom is -1.00 e. The van der Waals surface area contributed by atoms with Gasteiger partial charge in [-0.1, -0.05) is 0 Å². The Kier molecular flexibility index (Phi) is 7.62. The second kappa shape index (κ2) is 5.52. The molecule has 0 saturated heterocycles. The summed E-state index contributed by atoms with van der Waals surface area (Å²) in [5.41, 5.74) is -1.02. The van der Waals surface area contributed by atoms with Gasteiger partial charge in [-0.15, -0.1) is 0 Å². The first-order chi connectivity index (χ1) is 3.29. The molecule has 3 N–H and O–H groups in total. The first-order valence-electron chi connectivity index (χ1n) is 1.66. The molecule has 0 aliphatic heterocycles. The molecule has 42 valence electrons. The molecule has 0 aliphatic carbocycles. The van der Waals surface area contributed by atoms with Crippen molar-refractivity contribution in [3.05, 3.63) is 21.0 Å². The zero-order valence-electron chi connectivity index (χ0n) is 7.32. The third-order valence-electron chi connectivity index (χ3n) is 0.517. The van der Waals surface area contributed by atoms with Crippen molar-refractivity contribution >= 4 is 0 Å². The molecule has 5 nitrogen and oxygen atoms in total. The molecule has 0 amide bonds. The molecular formula is C2H5N3Na2O2. The molecule has 1 heterocycles. The van der Waals surface area contributed by atoms with Gasteiger partial charge in [0.15, 0.2) is 0 Å². The smallest absolute Gasteiger partial charge is 1.00 e. The first kappa shape index (κ1) is 12.4. The molecule has 0 radical (unpaired) electrons. The summed E-state index contributed by atoms with van der Waals surface area (Å²) in [6.45, 7) is 0. The minimum absolute atomic E-state index is 0. The van der Waals surface area contributed by atoms with Crippen LogP contribution in [0.5, 0.6) is 0 Å². The maximum Gasteiger partial charge on any atom is 1.00 e. The second-order valence-corrected chi connectivity index (χ2v) is 1.03. The van der Waals surface area contributed by atoms with Crippen molar-refractivity contribution in [3.8, 4) is 0 Å². The summed E-state index contributed by atoms with van der Waals surface area (Å²) in [6, 6.07) is 0. The van der Waals surface area contributed by atoms with Crippen LogP contribution >= 0.6 is 0 Å². The van der Waals surface area contributed by atoms with Gasteiger partial charge in [0, 0.05) is 0 Å². The largest absolute Gasteiger partial charge is 1.00 e. The monoisotopic (exact) mass is 149 g/mol. The van der Waals surface area contributed by atoms with Gasteiger partial charge in [-0.25, -0.2) is 19.8 Å². The number of hydrogen-bond donors (Lipinski definition) is 3. The van der Waals surface area contributed by atoms with Crippen LogP contribution in [0.3, 0.4) is 0 Å². The number of hydrogen-bond acceptors (Lipinski definition) is 2. The van der Waals surface area contributed by atoms with E-state index in [2.05, 4.69) is 0 Å². The zero-order chi connectivity index (χ0) is 5.28. The van der Waals surface area contributed by atoms with Crippen molar-refractivity contribution in [2.24, 2.45) is 0 Å². The third-order valence-corrected chi connectivity index (χ3v) is 0.517. The van der Waals surface area contributed by atoms with E-state index in [0.29, 0.717) is 0 Å². The molecular weight excluding hydrogens is 144 g/mol. The summed E-state index contributed by atoms with van der Waals surface area (Å²) in [5, 5.41) is 4.04. The van der Waals surface area contributed by atoms with E-state index in [0.717, 1.165) is 0 Å². The Bertz CT molecular complexity index is 230. The number of nitrogens with one attached hydrogen (secondary N) is 3. The third kappa shape index (κ3) is 4.19. The van der Waals surface area contributed by atoms with Crippen LogP contribution in [0.2, 0.25) is 0 Å². The van der Waals surface area contributed by atoms with E-state index in [1.807, 2.05) is 15.2 Å². The zero-order valence-corrected chi connectivity index (χ0v) is 9.32. The molecule has 0 bridgehead atoms. The molecule has 7 heteroatoms. The minimum atomic E-state index is -0.509. The van der Waals surface area contributed by atoms with Crippen molar-refractivity contribution < 1.29 is 62.0 Å². The topological polar surface area (TPSA) is 81.5 Å². The van der Waals surface area contributed by atoms with Crippen LogP contribution in [0.4, 0.5) is 0 Å². The number of H-pyrrole nitrogens is 3. The van der Waals surface area contributed by atoms with Gasteiger partial charge in [0.05, 0.1) is 0 Å². The average Bonchev–Trinajstić information content (AvgIpc) is 1.87. The van der Waals surface area contributed by atoms with Crippen molar-refractivity contribution in [1.82, 2.24) is 15.2 Å². The molecule has 0 spiro atoms. The molecule has 9 heavy (non-hydrogen) atoms. The Morgan fingerprint density at radius 1 is 1.00 bits per heavy atom. The van der Waals surface area contributed by atoms with Gasteiger partial charge in [-0.2, -0.15) is 0 Å². The fourth-order valence-corrected chi connectivity index (χ4v) is 0.279. The summed E-state index contributed by atoms with van der Waals surface area (Å²) in [4.78, 5) is 21.8. The summed E-state index contributed by atoms with van der Waals surface area (Å²) in [7, 11) is 0. The molecule has 1 aromatic rings. The van der Waals surface area contributed by atoms with Crippen LogP contribution in [0.1, 0.15) is 2.85 Å². The summed E-state index contributed by atoms with van der Waals surface area (Å²) in [6.07, 6.45) is 0. The van der Waals surface area contributed by atoms with Gasteiger partial charge in [-0.3, -0.25) is 4.98 Å². The molecule has 1 rings (SSSR count). The summed E-state index contributed by atoms with van der Waals surface area (Å²) >= 11 is 0. The van der Waals surface area contributed by atoms with Gasteiger partial charge in [0.2, 0.25) is 0 Å². The fourth-order valence-electron chi connectivity index (χ4n) is 0.279. The Hall–Kier alpha value is 0.740. The molecule has 0 fully saturated rings. The molecule has 0 atom stereocenters. The molecule has 0 aromatic carbocycles. The van der Waals surface area contributed by atoms with E-state index < -0.39 is 11.4 Å². The summed E-state index contributed by atoms with van der Waals surface area (Å²) < 4.78 is 0. The van der Waals surface area contributed by atoms with Crippen molar-refractivity contribution in [3.63, 3.8) is 0 Å². The van der Waals surface area contributed by atoms with Crippen molar-refractivity contribution in [2.45, 2.75) is 0 Å². The quantitative estimate of drug-likeness (QED) is 0.320. The van der Waals surface area contributed by atoms with Crippen molar-refractivity contribution in [2.75, 3.05) is 0 Å². The van der Waals surface area contributed by atoms with E-state index in [-0.39, 0.29) is 62.0 Å². The Morgan fingerprint density at radius 2 is 1.33 bits per heavy atom. The first-order valence-corrected chi connectivity index (χ1v) is 1.66. The van der Waals surface area contributed by atoms with Gasteiger partial charge in [0.25, 0.3) is 0 Å². The van der Waals surface area contributed by atoms with E-state index in [9.17, 15) is 9.59 Å². The SMILES string of the molecule is O=c1[nH][nH]c(=O)[nH]1.[H-].[H-].[Na+].[Na+]. The maximum atomic E-state index is 9.95. The van der Waals surface area contributed by atoms with Crippen LogP contribution in [0.25, 0.3) is 0 Å². The predicted octanol–water partition coefficient (Wildman–Crippen LogP) is -7.38. The number of aromatic amines is 3. The molecule has 0 unspecified atom stereocenters. The molecule has 0 saturated carbocycles. The van der Waals surface area contributed by atoms with Gasteiger partial charge < -0.3 is 2.85 Å². The van der Waals surface area contributed by atoms with Crippen LogP contribution in [-0.4, -0.2) is 15.2 Å². The van der Waals surface area contributed by atoms with Crippen LogP contribution in [0, 0.1) is 0 Å². The van der Waals surface area contributed by atoms with Gasteiger partial charge >= 0.3 is 70.5 Å². The van der Waals surface area contributed by atoms with Crippen LogP contribution < -0.4 is 70.5 Å². The van der Waals surface area contributed by atoms with E-state index >= 15 is 0 Å². The second-order valence-electron chi connectivity index (χ2n) is 1.03. The van der Waals surface area contributed by atoms with Crippen LogP contribution in [0.15, 0.2) is 9.59 Å². The van der Waals surface area contributed by atoms with Crippen LogP contribution in [-0.2, 0) is 0 Å². The maximum absolute atomic E-state index is 9.95. The average molecular weight is 149 g/mol. The van der Waals surface area contributed by atoms with E-state index in [4.69, 9.17) is 0 Å². The predicted molar refractivity (Wildman–Crippen MR) is 24.3 cm³/mol. The Labute approximate surface area is 97.2 Å². The number of aromatic nitrogens is 3. The van der Waals surface area contributed by atoms with E-state index in [1.54, 1.807) is 0 Å². The Morgan fingerprint density at radius 3 is 1.44 bits per heavy atom. The molecule has 1 aromatic heterocycles. The number of rotatable bonds is 0. The van der Waals surface area contributed by atoms with Crippen molar-refractivity contribution in [1.29, 1.82) is 0 Å². The van der Waals surface area contributed by atoms with E-state index in [1.165, 1.54) is 0 Å².